The van der Waals surface area contributed by atoms with Gasteiger partial charge in [0.2, 0.25) is 11.8 Å². The second-order valence-electron chi connectivity index (χ2n) is 5.20. The predicted molar refractivity (Wildman–Crippen MR) is 79.4 cm³/mol. The Kier molecular flexibility index (Phi) is 5.35. The molecule has 21 heavy (non-hydrogen) atoms. The van der Waals surface area contributed by atoms with Crippen molar-refractivity contribution in [1.29, 1.82) is 0 Å². The third kappa shape index (κ3) is 4.58. The Morgan fingerprint density at radius 2 is 1.81 bits per heavy atom. The zero-order valence-electron chi connectivity index (χ0n) is 11.7. The Morgan fingerprint density at radius 1 is 1.19 bits per heavy atom. The van der Waals surface area contributed by atoms with E-state index in [9.17, 15) is 9.59 Å². The zero-order valence-corrected chi connectivity index (χ0v) is 11.7. The molecule has 0 bridgehead atoms. The van der Waals surface area contributed by atoms with Crippen molar-refractivity contribution in [3.63, 3.8) is 0 Å². The molecule has 0 atom stereocenters. The van der Waals surface area contributed by atoms with Gasteiger partial charge >= 0.3 is 7.12 Å². The summed E-state index contributed by atoms with van der Waals surface area (Å²) in [6.45, 7) is 0.941. The second kappa shape index (κ2) is 7.24. The monoisotopic (exact) mass is 290 g/mol. The summed E-state index contributed by atoms with van der Waals surface area (Å²) in [6, 6.07) is 9.27. The number of benzene rings is 1. The summed E-state index contributed by atoms with van der Waals surface area (Å²) in [5.41, 5.74) is 0.768. The number of nitrogens with zero attached hydrogens (tertiary/aromatic N) is 1. The fraction of sp³-hybridized carbons (Fsp3) is 0.429. The van der Waals surface area contributed by atoms with Gasteiger partial charge in [-0.3, -0.25) is 9.59 Å². The van der Waals surface area contributed by atoms with Crippen LogP contribution in [-0.4, -0.2) is 47.0 Å². The van der Waals surface area contributed by atoms with Crippen molar-refractivity contribution in [2.45, 2.75) is 19.2 Å². The van der Waals surface area contributed by atoms with E-state index in [4.69, 9.17) is 10.0 Å². The molecule has 6 nitrogen and oxygen atoms in total. The van der Waals surface area contributed by atoms with Gasteiger partial charge in [0, 0.05) is 24.7 Å². The standard InChI is InChI=1S/C14H19BN2O4/c18-13(10-15(20)21)17-8-6-11(7-9-17)14(19)16-12-4-2-1-3-5-12/h1-5,11,20-21H,6-10H2,(H,16,19). The average Bonchev–Trinajstić information content (AvgIpc) is 2.47. The van der Waals surface area contributed by atoms with Crippen molar-refractivity contribution in [3.05, 3.63) is 30.3 Å². The number of para-hydroxylation sites is 1. The molecule has 1 aromatic carbocycles. The molecule has 1 aliphatic heterocycles. The Morgan fingerprint density at radius 3 is 2.38 bits per heavy atom. The lowest BCUT2D eigenvalue weighted by Gasteiger charge is -2.31. The van der Waals surface area contributed by atoms with Gasteiger partial charge in [-0.1, -0.05) is 18.2 Å². The molecule has 1 heterocycles. The highest BCUT2D eigenvalue weighted by atomic mass is 16.4. The molecule has 0 spiro atoms. The summed E-state index contributed by atoms with van der Waals surface area (Å²) in [7, 11) is -1.61. The Bertz CT molecular complexity index is 487. The van der Waals surface area contributed by atoms with Crippen molar-refractivity contribution in [2.24, 2.45) is 5.92 Å². The van der Waals surface area contributed by atoms with Crippen LogP contribution in [0.25, 0.3) is 0 Å². The fourth-order valence-electron chi connectivity index (χ4n) is 2.44. The van der Waals surface area contributed by atoms with Crippen molar-refractivity contribution in [2.75, 3.05) is 18.4 Å². The highest BCUT2D eigenvalue weighted by Crippen LogP contribution is 2.20. The molecule has 0 unspecified atom stereocenters. The number of hydrogen-bond acceptors (Lipinski definition) is 4. The molecule has 2 rings (SSSR count). The average molecular weight is 290 g/mol. The van der Waals surface area contributed by atoms with Gasteiger partial charge in [-0.25, -0.2) is 0 Å². The van der Waals surface area contributed by atoms with E-state index in [2.05, 4.69) is 5.32 Å². The second-order valence-corrected chi connectivity index (χ2v) is 5.20. The molecule has 2 amide bonds. The smallest absolute Gasteiger partial charge is 0.427 e. The summed E-state index contributed by atoms with van der Waals surface area (Å²) < 4.78 is 0. The largest absolute Gasteiger partial charge is 0.461 e. The number of piperidine rings is 1. The van der Waals surface area contributed by atoms with E-state index in [1.165, 1.54) is 0 Å². The lowest BCUT2D eigenvalue weighted by molar-refractivity contribution is -0.132. The van der Waals surface area contributed by atoms with Gasteiger partial charge in [0.25, 0.3) is 0 Å². The number of carbonyl (C=O) groups excluding carboxylic acids is 2. The third-order valence-corrected chi connectivity index (χ3v) is 3.62. The van der Waals surface area contributed by atoms with E-state index in [0.29, 0.717) is 25.9 Å². The molecule has 112 valence electrons. The minimum Gasteiger partial charge on any atom is -0.427 e. The normalized spacial score (nSPS) is 15.6. The van der Waals surface area contributed by atoms with Gasteiger partial charge in [0.15, 0.2) is 0 Å². The first-order valence-electron chi connectivity index (χ1n) is 7.06. The minimum absolute atomic E-state index is 0.0320. The molecule has 0 aromatic heterocycles. The molecular formula is C14H19BN2O4. The number of amides is 2. The molecule has 1 saturated heterocycles. The maximum Gasteiger partial charge on any atom is 0.461 e. The predicted octanol–water partition coefficient (Wildman–Crippen LogP) is 0.336. The SMILES string of the molecule is O=C(Nc1ccccc1)C1CCN(C(=O)CB(O)O)CC1. The quantitative estimate of drug-likeness (QED) is 0.697. The first kappa shape index (κ1) is 15.5. The molecule has 0 aliphatic carbocycles. The number of likely N-dealkylation sites (tertiary alicyclic amines) is 1. The van der Waals surface area contributed by atoms with Gasteiger partial charge in [0.05, 0.1) is 6.32 Å². The van der Waals surface area contributed by atoms with Crippen LogP contribution in [0.5, 0.6) is 0 Å². The van der Waals surface area contributed by atoms with E-state index in [-0.39, 0.29) is 24.1 Å². The van der Waals surface area contributed by atoms with Crippen LogP contribution in [0.15, 0.2) is 30.3 Å². The number of hydrogen-bond donors (Lipinski definition) is 3. The molecule has 1 aromatic rings. The zero-order chi connectivity index (χ0) is 15.2. The number of nitrogens with one attached hydrogen (secondary N) is 1. The topological polar surface area (TPSA) is 89.9 Å². The molecular weight excluding hydrogens is 271 g/mol. The maximum atomic E-state index is 12.1. The van der Waals surface area contributed by atoms with Crippen LogP contribution >= 0.6 is 0 Å². The number of carbonyl (C=O) groups is 2. The molecule has 1 aliphatic rings. The summed E-state index contributed by atoms with van der Waals surface area (Å²) in [4.78, 5) is 25.4. The van der Waals surface area contributed by atoms with Crippen LogP contribution in [0.1, 0.15) is 12.8 Å². The van der Waals surface area contributed by atoms with Crippen LogP contribution in [0.3, 0.4) is 0 Å². The lowest BCUT2D eigenvalue weighted by atomic mass is 9.85. The van der Waals surface area contributed by atoms with Crippen LogP contribution in [-0.2, 0) is 9.59 Å². The van der Waals surface area contributed by atoms with Gasteiger partial charge in [-0.05, 0) is 25.0 Å². The van der Waals surface area contributed by atoms with Crippen molar-refractivity contribution in [3.8, 4) is 0 Å². The van der Waals surface area contributed by atoms with E-state index in [0.717, 1.165) is 5.69 Å². The van der Waals surface area contributed by atoms with Crippen LogP contribution < -0.4 is 5.32 Å². The molecule has 7 heteroatoms. The van der Waals surface area contributed by atoms with Crippen molar-refractivity contribution in [1.82, 2.24) is 4.90 Å². The lowest BCUT2D eigenvalue weighted by Crippen LogP contribution is -2.42. The first-order valence-corrected chi connectivity index (χ1v) is 7.06. The Labute approximate surface area is 123 Å². The van der Waals surface area contributed by atoms with Crippen molar-refractivity contribution >= 4 is 24.6 Å². The highest BCUT2D eigenvalue weighted by Gasteiger charge is 2.28. The van der Waals surface area contributed by atoms with Crippen LogP contribution in [0, 0.1) is 5.92 Å². The van der Waals surface area contributed by atoms with Gasteiger partial charge < -0.3 is 20.3 Å². The van der Waals surface area contributed by atoms with Crippen molar-refractivity contribution < 1.29 is 19.6 Å². The molecule has 0 saturated carbocycles. The summed E-state index contributed by atoms with van der Waals surface area (Å²) in [6.07, 6.45) is 0.888. The summed E-state index contributed by atoms with van der Waals surface area (Å²) in [5, 5.41) is 20.5. The van der Waals surface area contributed by atoms with Crippen LogP contribution in [0.2, 0.25) is 6.32 Å². The Balaban J connectivity index is 1.81. The van der Waals surface area contributed by atoms with Crippen LogP contribution in [0.4, 0.5) is 5.69 Å². The third-order valence-electron chi connectivity index (χ3n) is 3.62. The maximum absolute atomic E-state index is 12.1. The van der Waals surface area contributed by atoms with Gasteiger partial charge in [0.1, 0.15) is 0 Å². The summed E-state index contributed by atoms with van der Waals surface area (Å²) in [5.74, 6) is -0.435. The molecule has 1 fully saturated rings. The minimum atomic E-state index is -1.61. The van der Waals surface area contributed by atoms with E-state index >= 15 is 0 Å². The van der Waals surface area contributed by atoms with Gasteiger partial charge in [-0.2, -0.15) is 0 Å². The summed E-state index contributed by atoms with van der Waals surface area (Å²) >= 11 is 0. The first-order chi connectivity index (χ1) is 10.1. The highest BCUT2D eigenvalue weighted by molar-refractivity contribution is 6.46. The number of anilines is 1. The van der Waals surface area contributed by atoms with E-state index in [1.54, 1.807) is 4.90 Å². The van der Waals surface area contributed by atoms with Gasteiger partial charge in [-0.15, -0.1) is 0 Å². The Hall–Kier alpha value is -1.86. The number of rotatable bonds is 4. The van der Waals surface area contributed by atoms with E-state index < -0.39 is 7.12 Å². The molecule has 0 radical (unpaired) electrons. The molecule has 3 N–H and O–H groups in total. The fourth-order valence-corrected chi connectivity index (χ4v) is 2.44. The van der Waals surface area contributed by atoms with E-state index in [1.807, 2.05) is 30.3 Å².